The number of benzene rings is 1. The molecule has 1 aromatic rings. The Labute approximate surface area is 163 Å². The van der Waals surface area contributed by atoms with Crippen molar-refractivity contribution in [3.63, 3.8) is 0 Å². The van der Waals surface area contributed by atoms with Crippen LogP contribution in [0.25, 0.3) is 0 Å². The number of unbranched alkanes of at least 4 members (excludes halogenated alkanes) is 3. The summed E-state index contributed by atoms with van der Waals surface area (Å²) < 4.78 is 23.3. The van der Waals surface area contributed by atoms with Crippen LogP contribution in [0.4, 0.5) is 0 Å². The van der Waals surface area contributed by atoms with Crippen LogP contribution in [0.1, 0.15) is 43.7 Å². The zero-order valence-corrected chi connectivity index (χ0v) is 18.2. The number of aryl methyl sites for hydroxylation is 1. The topological polar surface area (TPSA) is 70.6 Å². The van der Waals surface area contributed by atoms with E-state index in [9.17, 15) is 8.42 Å². The smallest absolute Gasteiger partial charge is 0.191 e. The number of guanidine groups is 1. The van der Waals surface area contributed by atoms with E-state index in [1.54, 1.807) is 13.1 Å². The maximum Gasteiger partial charge on any atom is 0.191 e. The highest BCUT2D eigenvalue weighted by Crippen LogP contribution is 2.16. The molecule has 0 aliphatic heterocycles. The maximum absolute atomic E-state index is 11.6. The van der Waals surface area contributed by atoms with Gasteiger partial charge in [0.15, 0.2) is 15.8 Å². The third kappa shape index (κ3) is 8.32. The Balaban J connectivity index is 0.00000529. The fourth-order valence-electron chi connectivity index (χ4n) is 2.40. The van der Waals surface area contributed by atoms with Gasteiger partial charge < -0.3 is 10.6 Å². The van der Waals surface area contributed by atoms with Crippen molar-refractivity contribution in [1.29, 1.82) is 0 Å². The lowest BCUT2D eigenvalue weighted by Crippen LogP contribution is -2.37. The average Bonchev–Trinajstić information content (AvgIpc) is 2.49. The first kappa shape index (κ1) is 23.2. The third-order valence-corrected chi connectivity index (χ3v) is 4.90. The molecule has 0 amide bonds. The summed E-state index contributed by atoms with van der Waals surface area (Å²) in [6.45, 7) is 5.54. The standard InChI is InChI=1S/C17H29N3O2S.HI/c1-5-6-7-8-11-19-17(18-3)20-13-15-9-10-16(14(2)12-15)23(4,21)22;/h9-10,12H,5-8,11,13H2,1-4H3,(H2,18,19,20);1H. The van der Waals surface area contributed by atoms with Crippen LogP contribution in [0.3, 0.4) is 0 Å². The third-order valence-electron chi connectivity index (χ3n) is 3.65. The van der Waals surface area contributed by atoms with Gasteiger partial charge in [-0.25, -0.2) is 8.42 Å². The molecular formula is C17H30IN3O2S. The molecule has 1 rings (SSSR count). The number of halogens is 1. The van der Waals surface area contributed by atoms with Crippen LogP contribution in [0.15, 0.2) is 28.1 Å². The van der Waals surface area contributed by atoms with Gasteiger partial charge in [0.1, 0.15) is 0 Å². The van der Waals surface area contributed by atoms with Gasteiger partial charge in [-0.2, -0.15) is 0 Å². The summed E-state index contributed by atoms with van der Waals surface area (Å²) >= 11 is 0. The highest BCUT2D eigenvalue weighted by Gasteiger charge is 2.10. The van der Waals surface area contributed by atoms with E-state index in [4.69, 9.17) is 0 Å². The maximum atomic E-state index is 11.6. The summed E-state index contributed by atoms with van der Waals surface area (Å²) in [4.78, 5) is 4.59. The second-order valence-corrected chi connectivity index (χ2v) is 7.77. The second kappa shape index (κ2) is 11.7. The minimum absolute atomic E-state index is 0. The van der Waals surface area contributed by atoms with Gasteiger partial charge in [-0.05, 0) is 30.5 Å². The molecule has 0 aromatic heterocycles. The van der Waals surface area contributed by atoms with Crippen LogP contribution in [0.5, 0.6) is 0 Å². The highest BCUT2D eigenvalue weighted by atomic mass is 127. The Morgan fingerprint density at radius 1 is 1.17 bits per heavy atom. The number of nitrogens with zero attached hydrogens (tertiary/aromatic N) is 1. The van der Waals surface area contributed by atoms with Crippen LogP contribution in [0.2, 0.25) is 0 Å². The van der Waals surface area contributed by atoms with Gasteiger partial charge in [-0.15, -0.1) is 24.0 Å². The van der Waals surface area contributed by atoms with Crippen molar-refractivity contribution in [2.45, 2.75) is 51.0 Å². The molecule has 0 fully saturated rings. The summed E-state index contributed by atoms with van der Waals surface area (Å²) in [7, 11) is -1.41. The van der Waals surface area contributed by atoms with E-state index in [1.807, 2.05) is 19.1 Å². The Morgan fingerprint density at radius 2 is 1.88 bits per heavy atom. The summed E-state index contributed by atoms with van der Waals surface area (Å²) in [5.74, 6) is 0.770. The van der Waals surface area contributed by atoms with Gasteiger partial charge in [0.2, 0.25) is 0 Å². The van der Waals surface area contributed by atoms with Crippen molar-refractivity contribution in [2.24, 2.45) is 4.99 Å². The van der Waals surface area contributed by atoms with E-state index in [0.717, 1.165) is 30.1 Å². The molecule has 24 heavy (non-hydrogen) atoms. The van der Waals surface area contributed by atoms with E-state index in [0.29, 0.717) is 11.4 Å². The lowest BCUT2D eigenvalue weighted by atomic mass is 10.1. The Kier molecular flexibility index (Phi) is 11.3. The molecule has 0 radical (unpaired) electrons. The molecule has 5 nitrogen and oxygen atoms in total. The molecule has 0 unspecified atom stereocenters. The molecule has 0 saturated carbocycles. The second-order valence-electron chi connectivity index (χ2n) is 5.79. The first-order valence-electron chi connectivity index (χ1n) is 8.12. The Morgan fingerprint density at radius 3 is 2.42 bits per heavy atom. The van der Waals surface area contributed by atoms with Gasteiger partial charge in [0.25, 0.3) is 0 Å². The van der Waals surface area contributed by atoms with E-state index in [-0.39, 0.29) is 24.0 Å². The molecule has 0 bridgehead atoms. The van der Waals surface area contributed by atoms with Crippen molar-refractivity contribution in [1.82, 2.24) is 10.6 Å². The van der Waals surface area contributed by atoms with E-state index < -0.39 is 9.84 Å². The predicted octanol–water partition coefficient (Wildman–Crippen LogP) is 3.26. The van der Waals surface area contributed by atoms with E-state index in [2.05, 4.69) is 22.5 Å². The summed E-state index contributed by atoms with van der Waals surface area (Å²) in [6.07, 6.45) is 6.09. The number of hydrogen-bond donors (Lipinski definition) is 2. The van der Waals surface area contributed by atoms with Gasteiger partial charge in [0.05, 0.1) is 4.90 Å². The molecule has 0 atom stereocenters. The van der Waals surface area contributed by atoms with Crippen molar-refractivity contribution in [3.05, 3.63) is 29.3 Å². The quantitative estimate of drug-likeness (QED) is 0.267. The van der Waals surface area contributed by atoms with E-state index >= 15 is 0 Å². The zero-order chi connectivity index (χ0) is 17.3. The number of aliphatic imine (C=N–C) groups is 1. The fraction of sp³-hybridized carbons (Fsp3) is 0.588. The van der Waals surface area contributed by atoms with Crippen molar-refractivity contribution >= 4 is 39.8 Å². The van der Waals surface area contributed by atoms with Crippen LogP contribution < -0.4 is 10.6 Å². The molecule has 1 aromatic carbocycles. The van der Waals surface area contributed by atoms with Crippen LogP contribution in [-0.4, -0.2) is 34.2 Å². The zero-order valence-electron chi connectivity index (χ0n) is 15.1. The largest absolute Gasteiger partial charge is 0.356 e. The van der Waals surface area contributed by atoms with E-state index in [1.165, 1.54) is 25.5 Å². The van der Waals surface area contributed by atoms with Crippen LogP contribution in [0, 0.1) is 6.92 Å². The minimum Gasteiger partial charge on any atom is -0.356 e. The van der Waals surface area contributed by atoms with Gasteiger partial charge >= 0.3 is 0 Å². The number of nitrogens with one attached hydrogen (secondary N) is 2. The van der Waals surface area contributed by atoms with Crippen molar-refractivity contribution in [2.75, 3.05) is 19.8 Å². The molecule has 0 aliphatic rings. The van der Waals surface area contributed by atoms with Crippen molar-refractivity contribution < 1.29 is 8.42 Å². The molecule has 0 heterocycles. The Hall–Kier alpha value is -0.830. The molecule has 0 saturated heterocycles. The normalized spacial score (nSPS) is 11.8. The Bertz CT molecular complexity index is 631. The molecule has 2 N–H and O–H groups in total. The van der Waals surface area contributed by atoms with Crippen LogP contribution in [-0.2, 0) is 16.4 Å². The minimum atomic E-state index is -3.16. The average molecular weight is 467 g/mol. The summed E-state index contributed by atoms with van der Waals surface area (Å²) in [6, 6.07) is 5.41. The van der Waals surface area contributed by atoms with Gasteiger partial charge in [-0.1, -0.05) is 38.3 Å². The first-order chi connectivity index (χ1) is 10.9. The van der Waals surface area contributed by atoms with Gasteiger partial charge in [0, 0.05) is 26.4 Å². The number of hydrogen-bond acceptors (Lipinski definition) is 3. The fourth-order valence-corrected chi connectivity index (χ4v) is 3.36. The first-order valence-corrected chi connectivity index (χ1v) is 10.0. The monoisotopic (exact) mass is 467 g/mol. The molecule has 138 valence electrons. The van der Waals surface area contributed by atoms with Crippen molar-refractivity contribution in [3.8, 4) is 0 Å². The summed E-state index contributed by atoms with van der Waals surface area (Å²) in [5, 5.41) is 6.54. The lowest BCUT2D eigenvalue weighted by molar-refractivity contribution is 0.601. The molecule has 0 spiro atoms. The molecule has 7 heteroatoms. The highest BCUT2D eigenvalue weighted by molar-refractivity contribution is 14.0. The van der Waals surface area contributed by atoms with Gasteiger partial charge in [-0.3, -0.25) is 4.99 Å². The molecule has 0 aliphatic carbocycles. The SMILES string of the molecule is CCCCCCNC(=NC)NCc1ccc(S(C)(=O)=O)c(C)c1.I. The lowest BCUT2D eigenvalue weighted by Gasteiger charge is -2.13. The number of sulfone groups is 1. The number of rotatable bonds is 8. The summed E-state index contributed by atoms with van der Waals surface area (Å²) in [5.41, 5.74) is 1.80. The molecular weight excluding hydrogens is 437 g/mol. The predicted molar refractivity (Wildman–Crippen MR) is 112 cm³/mol. The van der Waals surface area contributed by atoms with Crippen LogP contribution >= 0.6 is 24.0 Å².